The number of aromatic hydroxyl groups is 1. The molecule has 4 heterocycles. The van der Waals surface area contributed by atoms with Gasteiger partial charge in [-0.05, 0) is 111 Å². The van der Waals surface area contributed by atoms with Gasteiger partial charge in [-0.25, -0.2) is 22.3 Å². The first-order valence-electron chi connectivity index (χ1n) is 15.4. The number of carbonyl (C=O) groups is 3. The number of phenols is 1. The van der Waals surface area contributed by atoms with Gasteiger partial charge in [-0.3, -0.25) is 9.78 Å². The fraction of sp³-hybridized carbons (Fsp3) is 0.375. The average Bonchev–Trinajstić information content (AvgIpc) is 3.07. The summed E-state index contributed by atoms with van der Waals surface area (Å²) in [7, 11) is -4.06. The molecule has 47 heavy (non-hydrogen) atoms. The topological polar surface area (TPSA) is 152 Å². The van der Waals surface area contributed by atoms with Crippen molar-refractivity contribution in [2.45, 2.75) is 55.0 Å². The second-order valence-electron chi connectivity index (χ2n) is 11.9. The zero-order valence-electron chi connectivity index (χ0n) is 25.3. The van der Waals surface area contributed by atoms with Crippen LogP contribution in [0.15, 0.2) is 74.8 Å². The molecule has 6 rings (SSSR count). The minimum absolute atomic E-state index is 0.0367. The maximum absolute atomic E-state index is 14.0. The molecule has 0 aliphatic carbocycles. The predicted molar refractivity (Wildman–Crippen MR) is 181 cm³/mol. The molecule has 3 N–H and O–H groups in total. The van der Waals surface area contributed by atoms with E-state index in [4.69, 9.17) is 0 Å². The molecule has 248 valence electrons. The van der Waals surface area contributed by atoms with E-state index in [1.54, 1.807) is 52.5 Å². The van der Waals surface area contributed by atoms with Crippen LogP contribution >= 0.6 is 31.9 Å². The van der Waals surface area contributed by atoms with Gasteiger partial charge < -0.3 is 25.5 Å². The van der Waals surface area contributed by atoms with Crippen molar-refractivity contribution in [1.29, 1.82) is 0 Å². The molecule has 2 fully saturated rings. The molecule has 15 heteroatoms. The van der Waals surface area contributed by atoms with E-state index >= 15 is 0 Å². The third-order valence-electron chi connectivity index (χ3n) is 9.05. The summed E-state index contributed by atoms with van der Waals surface area (Å²) in [5.41, 5.74) is 2.17. The lowest BCUT2D eigenvalue weighted by molar-refractivity contribution is -0.134. The summed E-state index contributed by atoms with van der Waals surface area (Å²) >= 11 is 6.70. The van der Waals surface area contributed by atoms with Gasteiger partial charge in [0.25, 0.3) is 10.0 Å². The SMILES string of the molecule is O=C(N[C@H](Cc1cc(Br)c(O)c(Br)c1)C(=O)N1CCC(c2ccncc2)CC1)N1CCC(N2C(=O)Nc3ccccc3S2(=O)=O)CC1. The number of benzene rings is 2. The van der Waals surface area contributed by atoms with E-state index in [1.165, 1.54) is 11.6 Å². The smallest absolute Gasteiger partial charge is 0.336 e. The maximum Gasteiger partial charge on any atom is 0.336 e. The number of fused-ring (bicyclic) bond motifs is 1. The number of aromatic nitrogens is 1. The molecule has 3 aromatic rings. The number of nitrogens with zero attached hydrogens (tertiary/aromatic N) is 4. The molecule has 0 saturated carbocycles. The maximum atomic E-state index is 14.0. The van der Waals surface area contributed by atoms with E-state index < -0.39 is 34.2 Å². The van der Waals surface area contributed by atoms with Gasteiger partial charge >= 0.3 is 12.1 Å². The Hall–Kier alpha value is -3.69. The third kappa shape index (κ3) is 6.97. The van der Waals surface area contributed by atoms with Crippen LogP contribution in [-0.4, -0.2) is 88.8 Å². The zero-order chi connectivity index (χ0) is 33.3. The van der Waals surface area contributed by atoms with Crippen molar-refractivity contribution in [2.24, 2.45) is 0 Å². The van der Waals surface area contributed by atoms with Crippen LogP contribution in [0.3, 0.4) is 0 Å². The molecule has 2 saturated heterocycles. The number of rotatable bonds is 6. The Morgan fingerprint density at radius 2 is 1.57 bits per heavy atom. The lowest BCUT2D eigenvalue weighted by atomic mass is 9.89. The minimum atomic E-state index is -4.06. The van der Waals surface area contributed by atoms with Crippen LogP contribution in [-0.2, 0) is 21.2 Å². The van der Waals surface area contributed by atoms with Crippen molar-refractivity contribution < 1.29 is 27.9 Å². The zero-order valence-corrected chi connectivity index (χ0v) is 29.3. The average molecular weight is 791 g/mol. The lowest BCUT2D eigenvalue weighted by Gasteiger charge is -2.40. The fourth-order valence-electron chi connectivity index (χ4n) is 6.55. The van der Waals surface area contributed by atoms with Gasteiger partial charge in [0, 0.05) is 45.0 Å². The number of urea groups is 2. The van der Waals surface area contributed by atoms with Crippen LogP contribution in [0, 0.1) is 0 Å². The Kier molecular flexibility index (Phi) is 9.76. The monoisotopic (exact) mass is 788 g/mol. The molecular weight excluding hydrogens is 756 g/mol. The Morgan fingerprint density at radius 3 is 2.23 bits per heavy atom. The second kappa shape index (κ2) is 13.8. The van der Waals surface area contributed by atoms with Crippen molar-refractivity contribution in [3.8, 4) is 5.75 Å². The van der Waals surface area contributed by atoms with E-state index in [2.05, 4.69) is 47.5 Å². The summed E-state index contributed by atoms with van der Waals surface area (Å²) in [5, 5.41) is 15.8. The Labute approximate surface area is 289 Å². The van der Waals surface area contributed by atoms with Crippen molar-refractivity contribution in [3.05, 3.63) is 81.0 Å². The summed E-state index contributed by atoms with van der Waals surface area (Å²) in [5.74, 6) is 0.158. The van der Waals surface area contributed by atoms with Gasteiger partial charge in [0.2, 0.25) is 5.91 Å². The highest BCUT2D eigenvalue weighted by Gasteiger charge is 2.42. The van der Waals surface area contributed by atoms with Crippen molar-refractivity contribution in [3.63, 3.8) is 0 Å². The molecule has 2 aromatic carbocycles. The van der Waals surface area contributed by atoms with Crippen LogP contribution in [0.2, 0.25) is 0 Å². The first-order chi connectivity index (χ1) is 22.5. The van der Waals surface area contributed by atoms with Crippen molar-refractivity contribution >= 4 is 65.5 Å². The molecule has 0 radical (unpaired) electrons. The first kappa shape index (κ1) is 33.2. The van der Waals surface area contributed by atoms with Gasteiger partial charge in [0.05, 0.1) is 20.7 Å². The number of nitrogens with one attached hydrogen (secondary N) is 2. The highest BCUT2D eigenvalue weighted by atomic mass is 79.9. The first-order valence-corrected chi connectivity index (χ1v) is 18.4. The quantitative estimate of drug-likeness (QED) is 0.317. The van der Waals surface area contributed by atoms with Crippen LogP contribution in [0.5, 0.6) is 5.75 Å². The molecule has 0 bridgehead atoms. The number of hydrogen-bond acceptors (Lipinski definition) is 7. The summed E-state index contributed by atoms with van der Waals surface area (Å²) in [4.78, 5) is 47.9. The van der Waals surface area contributed by atoms with E-state index in [0.717, 1.165) is 22.7 Å². The number of piperidine rings is 2. The lowest BCUT2D eigenvalue weighted by Crippen LogP contribution is -2.57. The van der Waals surface area contributed by atoms with E-state index in [0.29, 0.717) is 28.0 Å². The third-order valence-corrected chi connectivity index (χ3v) is 12.1. The van der Waals surface area contributed by atoms with E-state index in [1.807, 2.05) is 12.1 Å². The van der Waals surface area contributed by atoms with Crippen LogP contribution in [0.4, 0.5) is 15.3 Å². The number of para-hydroxylation sites is 1. The number of amides is 5. The summed E-state index contributed by atoms with van der Waals surface area (Å²) in [6, 6.07) is 11.0. The largest absolute Gasteiger partial charge is 0.506 e. The van der Waals surface area contributed by atoms with Gasteiger partial charge in [0.15, 0.2) is 0 Å². The number of carbonyl (C=O) groups excluding carboxylic acids is 3. The number of pyridine rings is 1. The molecule has 1 aromatic heterocycles. The molecule has 0 spiro atoms. The second-order valence-corrected chi connectivity index (χ2v) is 15.4. The molecule has 0 unspecified atom stereocenters. The molecule has 1 atom stereocenters. The number of phenolic OH excluding ortho intramolecular Hbond substituents is 1. The van der Waals surface area contributed by atoms with Gasteiger partial charge in [-0.1, -0.05) is 12.1 Å². The summed E-state index contributed by atoms with van der Waals surface area (Å²) in [6.07, 6.45) is 5.81. The van der Waals surface area contributed by atoms with Crippen molar-refractivity contribution in [2.75, 3.05) is 31.5 Å². The Balaban J connectivity index is 1.14. The Morgan fingerprint density at radius 1 is 0.957 bits per heavy atom. The normalized spacial score (nSPS) is 19.1. The number of hydrogen-bond donors (Lipinski definition) is 3. The summed E-state index contributed by atoms with van der Waals surface area (Å²) in [6.45, 7) is 1.49. The Bertz CT molecular complexity index is 1760. The molecule has 3 aliphatic heterocycles. The molecule has 5 amide bonds. The number of likely N-dealkylation sites (tertiary alicyclic amines) is 2. The highest BCUT2D eigenvalue weighted by Crippen LogP contribution is 2.35. The van der Waals surface area contributed by atoms with E-state index in [-0.39, 0.29) is 54.6 Å². The predicted octanol–water partition coefficient (Wildman–Crippen LogP) is 5.04. The van der Waals surface area contributed by atoms with Crippen LogP contribution < -0.4 is 10.6 Å². The van der Waals surface area contributed by atoms with E-state index in [9.17, 15) is 27.9 Å². The fourth-order valence-corrected chi connectivity index (χ4v) is 9.55. The van der Waals surface area contributed by atoms with Crippen LogP contribution in [0.1, 0.15) is 42.7 Å². The van der Waals surface area contributed by atoms with Gasteiger partial charge in [-0.15, -0.1) is 0 Å². The molecular formula is C32H34Br2N6O6S. The van der Waals surface area contributed by atoms with Gasteiger partial charge in [-0.2, -0.15) is 0 Å². The number of halogens is 2. The van der Waals surface area contributed by atoms with Crippen LogP contribution in [0.25, 0.3) is 0 Å². The number of anilines is 1. The van der Waals surface area contributed by atoms with Gasteiger partial charge in [0.1, 0.15) is 16.7 Å². The molecule has 3 aliphatic rings. The minimum Gasteiger partial charge on any atom is -0.506 e. The number of sulfonamides is 1. The standard InChI is InChI=1S/C32H34Br2N6O6S/c33-24-17-20(18-25(34)29(24)41)19-27(30(42)38-13-7-22(8-14-38)21-5-11-35-12-6-21)37-31(43)39-15-9-23(10-16-39)40-32(44)36-26-3-1-2-4-28(26)47(40,45)46/h1-6,11-12,17-18,22-23,27,41H,7-10,13-16,19H2,(H,36,44)(H,37,43)/t27-/m1/s1. The molecule has 12 nitrogen and oxygen atoms in total. The van der Waals surface area contributed by atoms with Crippen molar-refractivity contribution in [1.82, 2.24) is 24.4 Å². The highest BCUT2D eigenvalue weighted by molar-refractivity contribution is 9.11. The summed E-state index contributed by atoms with van der Waals surface area (Å²) < 4.78 is 28.5.